The van der Waals surface area contributed by atoms with Gasteiger partial charge in [-0.3, -0.25) is 19.3 Å². The third kappa shape index (κ3) is 5.25. The van der Waals surface area contributed by atoms with E-state index in [4.69, 9.17) is 4.74 Å². The summed E-state index contributed by atoms with van der Waals surface area (Å²) in [6.07, 6.45) is 2.51. The topological polar surface area (TPSA) is 101 Å². The lowest BCUT2D eigenvalue weighted by Gasteiger charge is -2.37. The van der Waals surface area contributed by atoms with E-state index in [1.807, 2.05) is 18.9 Å². The monoisotopic (exact) mass is 467 g/mol. The molecule has 178 valence electrons. The highest BCUT2D eigenvalue weighted by molar-refractivity contribution is 5.95. The summed E-state index contributed by atoms with van der Waals surface area (Å²) in [5.41, 5.74) is -2.58. The predicted molar refractivity (Wildman–Crippen MR) is 111 cm³/mol. The molecule has 8 nitrogen and oxygen atoms in total. The lowest BCUT2D eigenvalue weighted by atomic mass is 10.1. The minimum atomic E-state index is -1.20. The molecule has 1 aliphatic heterocycles. The van der Waals surface area contributed by atoms with Crippen LogP contribution in [0.3, 0.4) is 0 Å². The first-order valence-electron chi connectivity index (χ1n) is 10.3. The van der Waals surface area contributed by atoms with Crippen molar-refractivity contribution in [2.75, 3.05) is 13.6 Å². The SMILES string of the molecule is CCC1CCN(C)C(Cn2cc(C(=O)NCc3c(F)cc(F)cc3F)c(=O)c(O)c2C=O)O1. The molecule has 2 N–H and O–H groups in total. The van der Waals surface area contributed by atoms with Crippen LogP contribution < -0.4 is 10.7 Å². The number of aromatic nitrogens is 1. The van der Waals surface area contributed by atoms with Crippen LogP contribution in [0.2, 0.25) is 0 Å². The molecular weight excluding hydrogens is 443 g/mol. The molecule has 33 heavy (non-hydrogen) atoms. The van der Waals surface area contributed by atoms with E-state index in [2.05, 4.69) is 5.32 Å². The Hall–Kier alpha value is -3.18. The second-order valence-corrected chi connectivity index (χ2v) is 7.80. The number of nitrogens with one attached hydrogen (secondary N) is 1. The number of carbonyl (C=O) groups is 2. The fraction of sp³-hybridized carbons (Fsp3) is 0.409. The van der Waals surface area contributed by atoms with Gasteiger partial charge in [0.15, 0.2) is 12.0 Å². The molecule has 1 amide bonds. The molecule has 11 heteroatoms. The summed E-state index contributed by atoms with van der Waals surface area (Å²) >= 11 is 0. The number of pyridine rings is 1. The van der Waals surface area contributed by atoms with E-state index in [1.165, 1.54) is 4.57 Å². The molecule has 1 aromatic heterocycles. The van der Waals surface area contributed by atoms with Crippen molar-refractivity contribution in [3.05, 3.63) is 62.8 Å². The first kappa shape index (κ1) is 24.5. The zero-order chi connectivity index (χ0) is 24.3. The fourth-order valence-electron chi connectivity index (χ4n) is 3.64. The minimum Gasteiger partial charge on any atom is -0.503 e. The van der Waals surface area contributed by atoms with Crippen molar-refractivity contribution >= 4 is 12.2 Å². The summed E-state index contributed by atoms with van der Waals surface area (Å²) in [4.78, 5) is 38.5. The maximum Gasteiger partial charge on any atom is 0.257 e. The van der Waals surface area contributed by atoms with Crippen molar-refractivity contribution in [2.45, 2.75) is 45.2 Å². The number of rotatable bonds is 7. The number of aldehydes is 1. The van der Waals surface area contributed by atoms with E-state index in [9.17, 15) is 32.7 Å². The Balaban J connectivity index is 1.88. The zero-order valence-corrected chi connectivity index (χ0v) is 18.1. The van der Waals surface area contributed by atoms with Crippen molar-refractivity contribution in [2.24, 2.45) is 0 Å². The summed E-state index contributed by atoms with van der Waals surface area (Å²) in [5, 5.41) is 12.4. The molecule has 0 radical (unpaired) electrons. The Morgan fingerprint density at radius 3 is 2.58 bits per heavy atom. The van der Waals surface area contributed by atoms with Crippen LogP contribution in [0.15, 0.2) is 23.1 Å². The van der Waals surface area contributed by atoms with E-state index < -0.39 is 58.4 Å². The summed E-state index contributed by atoms with van der Waals surface area (Å²) in [5.74, 6) is -5.48. The third-order valence-electron chi connectivity index (χ3n) is 5.64. The van der Waals surface area contributed by atoms with Crippen LogP contribution in [0.1, 0.15) is 46.2 Å². The number of likely N-dealkylation sites (N-methyl/N-ethyl adjacent to an activating group) is 1. The molecule has 1 fully saturated rings. The molecule has 2 atom stereocenters. The summed E-state index contributed by atoms with van der Waals surface area (Å²) in [7, 11) is 1.82. The Bertz CT molecular complexity index is 1100. The van der Waals surface area contributed by atoms with Crippen molar-refractivity contribution in [3.8, 4) is 5.75 Å². The van der Waals surface area contributed by atoms with E-state index in [1.54, 1.807) is 0 Å². The van der Waals surface area contributed by atoms with Gasteiger partial charge in [-0.05, 0) is 19.9 Å². The molecular formula is C22H24F3N3O5. The van der Waals surface area contributed by atoms with Crippen LogP contribution in [-0.4, -0.2) is 52.7 Å². The number of ether oxygens (including phenoxy) is 1. The number of halogens is 3. The smallest absolute Gasteiger partial charge is 0.257 e. The van der Waals surface area contributed by atoms with Crippen molar-refractivity contribution in [1.82, 2.24) is 14.8 Å². The molecule has 0 saturated carbocycles. The van der Waals surface area contributed by atoms with Crippen LogP contribution >= 0.6 is 0 Å². The Morgan fingerprint density at radius 2 is 1.97 bits per heavy atom. The highest BCUT2D eigenvalue weighted by Gasteiger charge is 2.28. The molecule has 0 aliphatic carbocycles. The molecule has 1 saturated heterocycles. The average Bonchev–Trinajstić information content (AvgIpc) is 2.76. The Morgan fingerprint density at radius 1 is 1.30 bits per heavy atom. The number of hydrogen-bond donors (Lipinski definition) is 2. The number of aromatic hydroxyl groups is 1. The molecule has 1 aromatic carbocycles. The van der Waals surface area contributed by atoms with Crippen LogP contribution in [-0.2, 0) is 17.8 Å². The zero-order valence-electron chi connectivity index (χ0n) is 18.1. The van der Waals surface area contributed by atoms with Gasteiger partial charge in [0.25, 0.3) is 5.91 Å². The van der Waals surface area contributed by atoms with E-state index in [-0.39, 0.29) is 18.3 Å². The van der Waals surface area contributed by atoms with Gasteiger partial charge in [0.2, 0.25) is 5.43 Å². The fourth-order valence-corrected chi connectivity index (χ4v) is 3.64. The number of benzene rings is 1. The largest absolute Gasteiger partial charge is 0.503 e. The molecule has 2 unspecified atom stereocenters. The van der Waals surface area contributed by atoms with Gasteiger partial charge in [-0.2, -0.15) is 0 Å². The molecule has 1 aliphatic rings. The molecule has 2 aromatic rings. The average molecular weight is 467 g/mol. The van der Waals surface area contributed by atoms with Gasteiger partial charge in [0.05, 0.1) is 12.6 Å². The van der Waals surface area contributed by atoms with Gasteiger partial charge in [0.1, 0.15) is 34.9 Å². The van der Waals surface area contributed by atoms with Crippen molar-refractivity contribution < 1.29 is 32.6 Å². The van der Waals surface area contributed by atoms with Gasteiger partial charge < -0.3 is 19.7 Å². The quantitative estimate of drug-likeness (QED) is 0.606. The predicted octanol–water partition coefficient (Wildman–Crippen LogP) is 2.17. The first-order chi connectivity index (χ1) is 15.7. The van der Waals surface area contributed by atoms with E-state index in [0.29, 0.717) is 18.4 Å². The minimum absolute atomic E-state index is 0.00197. The number of hydrogen-bond acceptors (Lipinski definition) is 6. The molecule has 0 spiro atoms. The lowest BCUT2D eigenvalue weighted by Crippen LogP contribution is -2.46. The maximum absolute atomic E-state index is 13.8. The van der Waals surface area contributed by atoms with Crippen molar-refractivity contribution in [3.63, 3.8) is 0 Å². The summed E-state index contributed by atoms with van der Waals surface area (Å²) in [6, 6.07) is 0.930. The number of amides is 1. The number of nitrogens with zero attached hydrogens (tertiary/aromatic N) is 2. The highest BCUT2D eigenvalue weighted by Crippen LogP contribution is 2.21. The standard InChI is InChI=1S/C22H24F3N3O5/c1-3-13-4-5-27(2)19(33-13)10-28-9-15(20(30)21(31)18(28)11-29)22(32)26-8-14-16(24)6-12(23)7-17(14)25/h6-7,9,11,13,19,31H,3-5,8,10H2,1-2H3,(H,26,32). The molecule has 2 heterocycles. The van der Waals surface area contributed by atoms with E-state index >= 15 is 0 Å². The van der Waals surface area contributed by atoms with Crippen LogP contribution in [0.4, 0.5) is 13.2 Å². The second kappa shape index (κ2) is 10.2. The van der Waals surface area contributed by atoms with Crippen LogP contribution in [0, 0.1) is 17.5 Å². The highest BCUT2D eigenvalue weighted by atomic mass is 19.1. The van der Waals surface area contributed by atoms with Gasteiger partial charge in [0, 0.05) is 37.0 Å². The van der Waals surface area contributed by atoms with Gasteiger partial charge in [-0.25, -0.2) is 13.2 Å². The first-order valence-corrected chi connectivity index (χ1v) is 10.3. The second-order valence-electron chi connectivity index (χ2n) is 7.80. The maximum atomic E-state index is 13.8. The van der Waals surface area contributed by atoms with Crippen LogP contribution in [0.25, 0.3) is 0 Å². The molecule has 3 rings (SSSR count). The number of carbonyl (C=O) groups excluding carboxylic acids is 2. The third-order valence-corrected chi connectivity index (χ3v) is 5.64. The van der Waals surface area contributed by atoms with Crippen molar-refractivity contribution in [1.29, 1.82) is 0 Å². The van der Waals surface area contributed by atoms with Gasteiger partial charge in [-0.1, -0.05) is 6.92 Å². The van der Waals surface area contributed by atoms with Crippen LogP contribution in [0.5, 0.6) is 5.75 Å². The van der Waals surface area contributed by atoms with Gasteiger partial charge >= 0.3 is 0 Å². The normalized spacial score (nSPS) is 18.8. The molecule has 0 bridgehead atoms. The summed E-state index contributed by atoms with van der Waals surface area (Å²) in [6.45, 7) is 2.08. The lowest BCUT2D eigenvalue weighted by molar-refractivity contribution is -0.137. The van der Waals surface area contributed by atoms with E-state index in [0.717, 1.165) is 25.6 Å². The summed E-state index contributed by atoms with van der Waals surface area (Å²) < 4.78 is 47.9. The van der Waals surface area contributed by atoms with Gasteiger partial charge in [-0.15, -0.1) is 0 Å². The Labute approximate surface area is 187 Å². The Kier molecular flexibility index (Phi) is 7.54.